The summed E-state index contributed by atoms with van der Waals surface area (Å²) in [7, 11) is 0. The lowest BCUT2D eigenvalue weighted by molar-refractivity contribution is -0.115. The van der Waals surface area contributed by atoms with Crippen molar-refractivity contribution in [2.45, 2.75) is 26.2 Å². The summed E-state index contributed by atoms with van der Waals surface area (Å²) >= 11 is 0. The van der Waals surface area contributed by atoms with Gasteiger partial charge in [-0.05, 0) is 38.0 Å². The van der Waals surface area contributed by atoms with E-state index in [1.54, 1.807) is 31.2 Å². The summed E-state index contributed by atoms with van der Waals surface area (Å²) in [6, 6.07) is 6.49. The Hall–Kier alpha value is -3.16. The highest BCUT2D eigenvalue weighted by Gasteiger charge is 2.27. The van der Waals surface area contributed by atoms with E-state index in [-0.39, 0.29) is 25.5 Å². The number of ether oxygens (including phenoxy) is 1. The van der Waals surface area contributed by atoms with Crippen molar-refractivity contribution in [3.63, 3.8) is 0 Å². The second-order valence-corrected chi connectivity index (χ2v) is 6.60. The zero-order chi connectivity index (χ0) is 20.1. The number of nitrogens with one attached hydrogen (secondary N) is 2. The Morgan fingerprint density at radius 3 is 2.61 bits per heavy atom. The molecule has 1 saturated heterocycles. The molecule has 1 aliphatic heterocycles. The number of amides is 1. The molecule has 2 N–H and O–H groups in total. The average molecular weight is 385 g/mol. The van der Waals surface area contributed by atoms with E-state index in [9.17, 15) is 19.2 Å². The highest BCUT2D eigenvalue weighted by Crippen LogP contribution is 2.24. The van der Waals surface area contributed by atoms with Crippen molar-refractivity contribution < 1.29 is 14.3 Å². The molecule has 0 bridgehead atoms. The number of nitrogens with zero attached hydrogens (tertiary/aromatic N) is 1. The topological polar surface area (TPSA) is 105 Å². The fraction of sp³-hybridized carbons (Fsp3) is 0.400. The van der Waals surface area contributed by atoms with E-state index >= 15 is 0 Å². The van der Waals surface area contributed by atoms with Crippen LogP contribution in [0.15, 0.2) is 33.9 Å². The van der Waals surface area contributed by atoms with Crippen LogP contribution in [-0.2, 0) is 9.53 Å². The third-order valence-corrected chi connectivity index (χ3v) is 4.62. The zero-order valence-electron chi connectivity index (χ0n) is 15.7. The molecule has 0 spiro atoms. The lowest BCUT2D eigenvalue weighted by Gasteiger charge is -2.22. The summed E-state index contributed by atoms with van der Waals surface area (Å²) in [5.41, 5.74) is 0.627. The van der Waals surface area contributed by atoms with Crippen LogP contribution >= 0.6 is 0 Å². The predicted molar refractivity (Wildman–Crippen MR) is 107 cm³/mol. The van der Waals surface area contributed by atoms with Gasteiger partial charge in [0.2, 0.25) is 5.91 Å². The summed E-state index contributed by atoms with van der Waals surface area (Å²) in [6.45, 7) is 3.78. The number of carbonyl (C=O) groups excluding carboxylic acids is 2. The van der Waals surface area contributed by atoms with Gasteiger partial charge >= 0.3 is 5.97 Å². The van der Waals surface area contributed by atoms with Gasteiger partial charge in [0, 0.05) is 31.7 Å². The molecule has 0 unspecified atom stereocenters. The van der Waals surface area contributed by atoms with Gasteiger partial charge in [-0.15, -0.1) is 0 Å². The molecule has 1 aliphatic rings. The Bertz CT molecular complexity index is 940. The van der Waals surface area contributed by atoms with Crippen molar-refractivity contribution in [1.82, 2.24) is 0 Å². The summed E-state index contributed by atoms with van der Waals surface area (Å²) < 4.78 is 4.94. The van der Waals surface area contributed by atoms with Crippen LogP contribution in [0.2, 0.25) is 0 Å². The molecule has 8 heteroatoms. The van der Waals surface area contributed by atoms with Gasteiger partial charge in [0.25, 0.3) is 10.9 Å². The molecule has 2 aromatic rings. The fourth-order valence-electron chi connectivity index (χ4n) is 3.25. The molecule has 1 fully saturated rings. The molecule has 8 nitrogen and oxygen atoms in total. The lowest BCUT2D eigenvalue weighted by Crippen LogP contribution is -2.42. The molecule has 148 valence electrons. The predicted octanol–water partition coefficient (Wildman–Crippen LogP) is 1.50. The quantitative estimate of drug-likeness (QED) is 0.524. The maximum atomic E-state index is 12.1. The summed E-state index contributed by atoms with van der Waals surface area (Å²) in [6.07, 6.45) is 2.12. The van der Waals surface area contributed by atoms with Gasteiger partial charge < -0.3 is 20.3 Å². The Balaban J connectivity index is 1.53. The Labute approximate surface area is 162 Å². The molecule has 0 aliphatic carbocycles. The first-order chi connectivity index (χ1) is 13.5. The van der Waals surface area contributed by atoms with Gasteiger partial charge in [-0.3, -0.25) is 14.4 Å². The van der Waals surface area contributed by atoms with E-state index < -0.39 is 16.8 Å². The minimum atomic E-state index is -0.524. The molecule has 0 aromatic heterocycles. The largest absolute Gasteiger partial charge is 0.462 e. The second kappa shape index (κ2) is 8.69. The van der Waals surface area contributed by atoms with E-state index in [1.165, 1.54) is 0 Å². The SMILES string of the molecule is CCOC(=O)c1cccc(NC(=O)CCNc2c(N3CCCC3)c(=O)c2=O)c1. The number of carbonyl (C=O) groups is 2. The van der Waals surface area contributed by atoms with Gasteiger partial charge in [-0.2, -0.15) is 0 Å². The number of benzene rings is 1. The van der Waals surface area contributed by atoms with Gasteiger partial charge in [0.15, 0.2) is 0 Å². The van der Waals surface area contributed by atoms with Crippen LogP contribution < -0.4 is 26.4 Å². The fourth-order valence-corrected chi connectivity index (χ4v) is 3.25. The summed E-state index contributed by atoms with van der Waals surface area (Å²) in [4.78, 5) is 49.5. The molecule has 0 radical (unpaired) electrons. The summed E-state index contributed by atoms with van der Waals surface area (Å²) in [5.74, 6) is -0.718. The van der Waals surface area contributed by atoms with Crippen LogP contribution in [0.3, 0.4) is 0 Å². The number of esters is 1. The molecule has 2 aromatic carbocycles. The van der Waals surface area contributed by atoms with Crippen molar-refractivity contribution >= 4 is 28.9 Å². The van der Waals surface area contributed by atoms with Gasteiger partial charge in [-0.25, -0.2) is 4.79 Å². The van der Waals surface area contributed by atoms with Crippen LogP contribution in [-0.4, -0.2) is 38.1 Å². The minimum absolute atomic E-state index is 0.113. The van der Waals surface area contributed by atoms with Crippen LogP contribution in [0.1, 0.15) is 36.5 Å². The van der Waals surface area contributed by atoms with Crippen LogP contribution in [0.4, 0.5) is 17.1 Å². The Morgan fingerprint density at radius 2 is 1.89 bits per heavy atom. The van der Waals surface area contributed by atoms with Crippen molar-refractivity contribution in [1.29, 1.82) is 0 Å². The molecule has 1 amide bonds. The third kappa shape index (κ3) is 4.21. The first-order valence-corrected chi connectivity index (χ1v) is 9.40. The van der Waals surface area contributed by atoms with Crippen LogP contribution in [0, 0.1) is 0 Å². The zero-order valence-corrected chi connectivity index (χ0v) is 15.7. The first-order valence-electron chi connectivity index (χ1n) is 9.40. The number of hydrogen-bond acceptors (Lipinski definition) is 7. The molecule has 28 heavy (non-hydrogen) atoms. The standard InChI is InChI=1S/C20H23N3O5/c1-2-28-20(27)13-6-5-7-14(12-13)22-15(24)8-9-21-16-17(19(26)18(16)25)23-10-3-4-11-23/h5-7,12,21H,2-4,8-11H2,1H3,(H,22,24). The number of anilines is 3. The van der Waals surface area contributed by atoms with Crippen molar-refractivity contribution in [2.75, 3.05) is 41.8 Å². The summed E-state index contributed by atoms with van der Waals surface area (Å²) in [5, 5.41) is 5.63. The van der Waals surface area contributed by atoms with Crippen molar-refractivity contribution in [3.05, 3.63) is 50.3 Å². The Morgan fingerprint density at radius 1 is 1.14 bits per heavy atom. The highest BCUT2D eigenvalue weighted by molar-refractivity contribution is 5.94. The van der Waals surface area contributed by atoms with E-state index in [1.807, 2.05) is 4.90 Å². The van der Waals surface area contributed by atoms with E-state index in [0.717, 1.165) is 25.9 Å². The van der Waals surface area contributed by atoms with Crippen molar-refractivity contribution in [3.8, 4) is 0 Å². The molecular weight excluding hydrogens is 362 g/mol. The normalized spacial score (nSPS) is 13.5. The minimum Gasteiger partial charge on any atom is -0.462 e. The lowest BCUT2D eigenvalue weighted by atomic mass is 10.1. The third-order valence-electron chi connectivity index (χ3n) is 4.62. The van der Waals surface area contributed by atoms with Crippen LogP contribution in [0.25, 0.3) is 0 Å². The van der Waals surface area contributed by atoms with Crippen LogP contribution in [0.5, 0.6) is 0 Å². The number of rotatable bonds is 8. The first kappa shape index (κ1) is 19.6. The van der Waals surface area contributed by atoms with Gasteiger partial charge in [-0.1, -0.05) is 6.07 Å². The highest BCUT2D eigenvalue weighted by atomic mass is 16.5. The van der Waals surface area contributed by atoms with Crippen molar-refractivity contribution in [2.24, 2.45) is 0 Å². The maximum absolute atomic E-state index is 12.1. The monoisotopic (exact) mass is 385 g/mol. The number of hydrogen-bond donors (Lipinski definition) is 2. The average Bonchev–Trinajstić information content (AvgIpc) is 3.21. The van der Waals surface area contributed by atoms with Gasteiger partial charge in [0.1, 0.15) is 11.4 Å². The van der Waals surface area contributed by atoms with E-state index in [4.69, 9.17) is 4.74 Å². The second-order valence-electron chi connectivity index (χ2n) is 6.60. The Kier molecular flexibility index (Phi) is 6.08. The maximum Gasteiger partial charge on any atom is 0.338 e. The molecular formula is C20H23N3O5. The molecule has 0 atom stereocenters. The van der Waals surface area contributed by atoms with E-state index in [2.05, 4.69) is 10.6 Å². The van der Waals surface area contributed by atoms with E-state index in [0.29, 0.717) is 22.6 Å². The smallest absolute Gasteiger partial charge is 0.338 e. The van der Waals surface area contributed by atoms with Gasteiger partial charge in [0.05, 0.1) is 12.2 Å². The molecule has 0 saturated carbocycles. The molecule has 3 rings (SSSR count). The molecule has 1 heterocycles.